The van der Waals surface area contributed by atoms with Crippen LogP contribution in [0.15, 0.2) is 78.9 Å². The number of hydrogen-bond donors (Lipinski definition) is 1. The van der Waals surface area contributed by atoms with Crippen LogP contribution in [0, 0.1) is 0 Å². The summed E-state index contributed by atoms with van der Waals surface area (Å²) in [6, 6.07) is 23.7. The van der Waals surface area contributed by atoms with Gasteiger partial charge in [0.1, 0.15) is 0 Å². The zero-order chi connectivity index (χ0) is 19.2. The third-order valence-corrected chi connectivity index (χ3v) is 4.63. The summed E-state index contributed by atoms with van der Waals surface area (Å²) in [5.74, 6) is -0.243. The fourth-order valence-corrected chi connectivity index (χ4v) is 3.11. The van der Waals surface area contributed by atoms with Gasteiger partial charge < -0.3 is 5.32 Å². The van der Waals surface area contributed by atoms with Gasteiger partial charge in [0.2, 0.25) is 5.91 Å². The molecular formula is C23H20ClNO2. The van der Waals surface area contributed by atoms with Gasteiger partial charge in [-0.1, -0.05) is 79.2 Å². The van der Waals surface area contributed by atoms with E-state index in [1.165, 1.54) is 0 Å². The Morgan fingerprint density at radius 3 is 2.22 bits per heavy atom. The summed E-state index contributed by atoms with van der Waals surface area (Å²) in [7, 11) is 0. The second-order valence-corrected chi connectivity index (χ2v) is 6.89. The van der Waals surface area contributed by atoms with Crippen LogP contribution in [0.2, 0.25) is 5.02 Å². The van der Waals surface area contributed by atoms with E-state index in [0.717, 1.165) is 5.56 Å². The van der Waals surface area contributed by atoms with Crippen LogP contribution in [0.3, 0.4) is 0 Å². The van der Waals surface area contributed by atoms with Crippen molar-refractivity contribution < 1.29 is 9.59 Å². The molecule has 0 heterocycles. The van der Waals surface area contributed by atoms with Crippen LogP contribution in [0.1, 0.15) is 40.7 Å². The second kappa shape index (κ2) is 8.65. The fraction of sp³-hybridized carbons (Fsp3) is 0.130. The minimum atomic E-state index is -0.176. The molecule has 1 unspecified atom stereocenters. The van der Waals surface area contributed by atoms with Gasteiger partial charge in [-0.2, -0.15) is 0 Å². The lowest BCUT2D eigenvalue weighted by Gasteiger charge is -2.14. The molecular weight excluding hydrogens is 358 g/mol. The molecule has 0 aromatic heterocycles. The molecule has 1 amide bonds. The average Bonchev–Trinajstić information content (AvgIpc) is 2.70. The maximum atomic E-state index is 12.8. The first-order valence-electron chi connectivity index (χ1n) is 8.78. The maximum absolute atomic E-state index is 12.8. The van der Waals surface area contributed by atoms with Crippen LogP contribution < -0.4 is 5.32 Å². The van der Waals surface area contributed by atoms with E-state index in [4.69, 9.17) is 11.6 Å². The normalized spacial score (nSPS) is 11.6. The highest BCUT2D eigenvalue weighted by molar-refractivity contribution is 6.31. The highest BCUT2D eigenvalue weighted by atomic mass is 35.5. The Morgan fingerprint density at radius 2 is 1.56 bits per heavy atom. The Morgan fingerprint density at radius 1 is 0.926 bits per heavy atom. The van der Waals surface area contributed by atoms with Crippen molar-refractivity contribution in [3.8, 4) is 0 Å². The number of halogens is 1. The quantitative estimate of drug-likeness (QED) is 0.560. The van der Waals surface area contributed by atoms with E-state index in [2.05, 4.69) is 5.32 Å². The molecule has 3 aromatic carbocycles. The first kappa shape index (κ1) is 18.9. The van der Waals surface area contributed by atoms with Crippen molar-refractivity contribution in [3.63, 3.8) is 0 Å². The summed E-state index contributed by atoms with van der Waals surface area (Å²) in [6.07, 6.45) is 0.325. The molecule has 0 fully saturated rings. The molecule has 0 aliphatic rings. The van der Waals surface area contributed by atoms with E-state index in [1.807, 2.05) is 43.3 Å². The van der Waals surface area contributed by atoms with Crippen molar-refractivity contribution >= 4 is 29.0 Å². The van der Waals surface area contributed by atoms with Gasteiger partial charge in [-0.15, -0.1) is 0 Å². The van der Waals surface area contributed by atoms with E-state index in [1.54, 1.807) is 42.5 Å². The number of hydrogen-bond acceptors (Lipinski definition) is 2. The molecule has 27 heavy (non-hydrogen) atoms. The average molecular weight is 378 g/mol. The molecule has 4 heteroatoms. The van der Waals surface area contributed by atoms with E-state index in [-0.39, 0.29) is 17.6 Å². The van der Waals surface area contributed by atoms with E-state index < -0.39 is 0 Å². The summed E-state index contributed by atoms with van der Waals surface area (Å²) in [5, 5.41) is 3.32. The summed E-state index contributed by atoms with van der Waals surface area (Å²) >= 11 is 6.08. The predicted octanol–water partition coefficient (Wildman–Crippen LogP) is 5.70. The standard InChI is InChI=1S/C23H20ClNO2/c1-16(17-8-4-2-5-9-17)14-22(26)25-21-13-12-19(24)15-20(21)23(27)18-10-6-3-7-11-18/h2-13,15-16H,14H2,1H3,(H,25,26). The maximum Gasteiger partial charge on any atom is 0.224 e. The molecule has 0 radical (unpaired) electrons. The highest BCUT2D eigenvalue weighted by Crippen LogP contribution is 2.25. The third-order valence-electron chi connectivity index (χ3n) is 4.40. The molecule has 0 aliphatic heterocycles. The highest BCUT2D eigenvalue weighted by Gasteiger charge is 2.17. The Bertz CT molecular complexity index is 939. The molecule has 3 aromatic rings. The van der Waals surface area contributed by atoms with Crippen LogP contribution in [0.4, 0.5) is 5.69 Å². The SMILES string of the molecule is CC(CC(=O)Nc1ccc(Cl)cc1C(=O)c1ccccc1)c1ccccc1. The van der Waals surface area contributed by atoms with Crippen molar-refractivity contribution in [1.29, 1.82) is 0 Å². The van der Waals surface area contributed by atoms with E-state index in [9.17, 15) is 9.59 Å². The summed E-state index contributed by atoms with van der Waals surface area (Å²) < 4.78 is 0. The summed E-state index contributed by atoms with van der Waals surface area (Å²) in [4.78, 5) is 25.4. The number of ketones is 1. The minimum Gasteiger partial charge on any atom is -0.325 e. The number of amides is 1. The first-order valence-corrected chi connectivity index (χ1v) is 9.16. The van der Waals surface area contributed by atoms with Gasteiger partial charge in [-0.3, -0.25) is 9.59 Å². The van der Waals surface area contributed by atoms with Crippen LogP contribution in [-0.2, 0) is 4.79 Å². The van der Waals surface area contributed by atoms with Gasteiger partial charge in [0.15, 0.2) is 5.78 Å². The molecule has 0 saturated carbocycles. The Kier molecular flexibility index (Phi) is 6.05. The largest absolute Gasteiger partial charge is 0.325 e. The lowest BCUT2D eigenvalue weighted by atomic mass is 9.97. The van der Waals surface area contributed by atoms with Gasteiger partial charge in [-0.05, 0) is 29.7 Å². The molecule has 3 rings (SSSR count). The van der Waals surface area contributed by atoms with Crippen molar-refractivity contribution in [1.82, 2.24) is 0 Å². The lowest BCUT2D eigenvalue weighted by Crippen LogP contribution is -2.17. The van der Waals surface area contributed by atoms with Crippen molar-refractivity contribution in [3.05, 3.63) is 101 Å². The lowest BCUT2D eigenvalue weighted by molar-refractivity contribution is -0.116. The van der Waals surface area contributed by atoms with Gasteiger partial charge in [0, 0.05) is 22.6 Å². The molecule has 0 spiro atoms. The molecule has 0 saturated heterocycles. The zero-order valence-corrected chi connectivity index (χ0v) is 15.7. The van der Waals surface area contributed by atoms with E-state index >= 15 is 0 Å². The smallest absolute Gasteiger partial charge is 0.224 e. The van der Waals surface area contributed by atoms with Crippen molar-refractivity contribution in [2.24, 2.45) is 0 Å². The molecule has 0 bridgehead atoms. The Labute approximate surface area is 164 Å². The monoisotopic (exact) mass is 377 g/mol. The number of benzene rings is 3. The fourth-order valence-electron chi connectivity index (χ4n) is 2.94. The second-order valence-electron chi connectivity index (χ2n) is 6.45. The van der Waals surface area contributed by atoms with Gasteiger partial charge >= 0.3 is 0 Å². The Balaban J connectivity index is 1.79. The van der Waals surface area contributed by atoms with Crippen LogP contribution in [-0.4, -0.2) is 11.7 Å². The topological polar surface area (TPSA) is 46.2 Å². The number of carbonyl (C=O) groups is 2. The number of carbonyl (C=O) groups excluding carboxylic acids is 2. The number of anilines is 1. The van der Waals surface area contributed by atoms with Crippen molar-refractivity contribution in [2.75, 3.05) is 5.32 Å². The molecule has 136 valence electrons. The number of rotatable bonds is 6. The third kappa shape index (κ3) is 4.83. The summed E-state index contributed by atoms with van der Waals surface area (Å²) in [6.45, 7) is 2.01. The zero-order valence-electron chi connectivity index (χ0n) is 15.0. The molecule has 3 nitrogen and oxygen atoms in total. The Hall–Kier alpha value is -2.91. The van der Waals surface area contributed by atoms with Crippen LogP contribution >= 0.6 is 11.6 Å². The van der Waals surface area contributed by atoms with E-state index in [0.29, 0.717) is 28.3 Å². The minimum absolute atomic E-state index is 0.0757. The van der Waals surface area contributed by atoms with Gasteiger partial charge in [0.25, 0.3) is 0 Å². The van der Waals surface area contributed by atoms with Gasteiger partial charge in [0.05, 0.1) is 5.69 Å². The number of nitrogens with one attached hydrogen (secondary N) is 1. The summed E-state index contributed by atoms with van der Waals surface area (Å²) in [5.41, 5.74) is 2.50. The first-order chi connectivity index (χ1) is 13.0. The van der Waals surface area contributed by atoms with Gasteiger partial charge in [-0.25, -0.2) is 0 Å². The van der Waals surface area contributed by atoms with Crippen LogP contribution in [0.5, 0.6) is 0 Å². The molecule has 1 N–H and O–H groups in total. The molecule has 0 aliphatic carbocycles. The van der Waals surface area contributed by atoms with Crippen molar-refractivity contribution in [2.45, 2.75) is 19.3 Å². The molecule has 1 atom stereocenters. The van der Waals surface area contributed by atoms with Crippen LogP contribution in [0.25, 0.3) is 0 Å². The predicted molar refractivity (Wildman–Crippen MR) is 109 cm³/mol.